The van der Waals surface area contributed by atoms with Crippen LogP contribution in [-0.2, 0) is 4.79 Å². The van der Waals surface area contributed by atoms with Crippen molar-refractivity contribution in [1.82, 2.24) is 0 Å². The minimum Gasteiger partial charge on any atom is -0.479 e. The molecule has 0 saturated carbocycles. The molecule has 0 saturated heterocycles. The summed E-state index contributed by atoms with van der Waals surface area (Å²) in [4.78, 5) is 10.1. The van der Waals surface area contributed by atoms with Crippen molar-refractivity contribution in [2.45, 2.75) is 12.5 Å². The second-order valence-electron chi connectivity index (χ2n) is 2.00. The smallest absolute Gasteiger partial charge is 0.332 e. The molecule has 3 N–H and O–H groups in total. The van der Waals surface area contributed by atoms with E-state index in [4.69, 9.17) is 10.8 Å². The molecule has 9 heavy (non-hydrogen) atoms. The van der Waals surface area contributed by atoms with Crippen molar-refractivity contribution < 1.29 is 9.90 Å². The van der Waals surface area contributed by atoms with Gasteiger partial charge in [0.15, 0.2) is 5.54 Å². The summed E-state index contributed by atoms with van der Waals surface area (Å²) in [6, 6.07) is 0. The molecule has 52 valence electrons. The molecule has 0 radical (unpaired) electrons. The molecule has 1 rings (SSSR count). The Balaban J connectivity index is 0.000000640. The third-order valence-corrected chi connectivity index (χ3v) is 1.37. The fourth-order valence-corrected chi connectivity index (χ4v) is 0.536. The van der Waals surface area contributed by atoms with Gasteiger partial charge < -0.3 is 10.8 Å². The molecule has 0 fully saturated rings. The minimum absolute atomic E-state index is 0. The molecular weight excluding hydrogens is 142 g/mol. The third-order valence-electron chi connectivity index (χ3n) is 1.37. The molecule has 1 aliphatic rings. The van der Waals surface area contributed by atoms with Gasteiger partial charge in [-0.1, -0.05) is 0 Å². The normalized spacial score (nSPS) is 30.2. The minimum atomic E-state index is -1.08. The van der Waals surface area contributed by atoms with Crippen LogP contribution < -0.4 is 5.73 Å². The number of halogens is 1. The molecule has 0 bridgehead atoms. The van der Waals surface area contributed by atoms with Gasteiger partial charge in [0.25, 0.3) is 0 Å². The van der Waals surface area contributed by atoms with E-state index in [1.54, 1.807) is 6.92 Å². The Morgan fingerprint density at radius 3 is 2.22 bits per heavy atom. The van der Waals surface area contributed by atoms with Gasteiger partial charge in [0, 0.05) is 0 Å². The molecule has 0 aromatic carbocycles. The molecule has 4 heteroatoms. The molecule has 0 aliphatic heterocycles. The average molecular weight is 150 g/mol. The summed E-state index contributed by atoms with van der Waals surface area (Å²) in [5, 5.41) is 8.31. The van der Waals surface area contributed by atoms with Gasteiger partial charge in [-0.15, -0.1) is 12.4 Å². The SMILES string of the molecule is CC1=CC1(N)C(=O)O.Cl. The molecule has 0 amide bonds. The lowest BCUT2D eigenvalue weighted by Crippen LogP contribution is -2.35. The zero-order valence-corrected chi connectivity index (χ0v) is 5.73. The van der Waals surface area contributed by atoms with Crippen LogP contribution in [0.2, 0.25) is 0 Å². The second kappa shape index (κ2) is 2.01. The number of nitrogens with two attached hydrogens (primary N) is 1. The topological polar surface area (TPSA) is 63.3 Å². The van der Waals surface area contributed by atoms with E-state index in [9.17, 15) is 4.79 Å². The number of hydrogen-bond donors (Lipinski definition) is 2. The number of hydrogen-bond acceptors (Lipinski definition) is 2. The van der Waals surface area contributed by atoms with Crippen molar-refractivity contribution in [3.63, 3.8) is 0 Å². The van der Waals surface area contributed by atoms with E-state index >= 15 is 0 Å². The van der Waals surface area contributed by atoms with Gasteiger partial charge in [-0.2, -0.15) is 0 Å². The Morgan fingerprint density at radius 2 is 2.22 bits per heavy atom. The van der Waals surface area contributed by atoms with E-state index in [-0.39, 0.29) is 12.4 Å². The number of carboxylic acids is 1. The zero-order chi connectivity index (χ0) is 6.36. The highest BCUT2D eigenvalue weighted by Crippen LogP contribution is 2.30. The fraction of sp³-hybridized carbons (Fsp3) is 0.400. The van der Waals surface area contributed by atoms with Crippen LogP contribution in [0.25, 0.3) is 0 Å². The zero-order valence-electron chi connectivity index (χ0n) is 4.92. The predicted octanol–water partition coefficient (Wildman–Crippen LogP) is 0.150. The van der Waals surface area contributed by atoms with Crippen LogP contribution in [0.4, 0.5) is 0 Å². The number of carboxylic acid groups (broad SMARTS) is 1. The molecular formula is C5H8ClNO2. The maximum atomic E-state index is 10.1. The van der Waals surface area contributed by atoms with E-state index in [1.165, 1.54) is 6.08 Å². The summed E-state index contributed by atoms with van der Waals surface area (Å²) in [6.07, 6.45) is 1.52. The largest absolute Gasteiger partial charge is 0.479 e. The summed E-state index contributed by atoms with van der Waals surface area (Å²) in [6.45, 7) is 1.70. The van der Waals surface area contributed by atoms with Crippen LogP contribution in [0.15, 0.2) is 11.6 Å². The van der Waals surface area contributed by atoms with Gasteiger partial charge in [-0.3, -0.25) is 0 Å². The first-order valence-corrected chi connectivity index (χ1v) is 2.29. The van der Waals surface area contributed by atoms with Gasteiger partial charge in [-0.05, 0) is 18.6 Å². The first kappa shape index (κ1) is 8.46. The first-order valence-electron chi connectivity index (χ1n) is 2.29. The van der Waals surface area contributed by atoms with E-state index in [1.807, 2.05) is 0 Å². The lowest BCUT2D eigenvalue weighted by Gasteiger charge is -2.00. The molecule has 1 aliphatic carbocycles. The van der Waals surface area contributed by atoms with Crippen LogP contribution in [0, 0.1) is 0 Å². The fourth-order valence-electron chi connectivity index (χ4n) is 0.536. The van der Waals surface area contributed by atoms with Crippen molar-refractivity contribution in [2.75, 3.05) is 0 Å². The number of carbonyl (C=O) groups is 1. The lowest BCUT2D eigenvalue weighted by atomic mass is 10.2. The van der Waals surface area contributed by atoms with Gasteiger partial charge in [-0.25, -0.2) is 4.79 Å². The molecule has 1 atom stereocenters. The highest BCUT2D eigenvalue weighted by Gasteiger charge is 2.44. The van der Waals surface area contributed by atoms with Gasteiger partial charge in [0.1, 0.15) is 0 Å². The Labute approximate surface area is 59.0 Å². The summed E-state index contributed by atoms with van der Waals surface area (Å²) in [5.74, 6) is -0.963. The monoisotopic (exact) mass is 149 g/mol. The van der Waals surface area contributed by atoms with Crippen LogP contribution in [0.3, 0.4) is 0 Å². The van der Waals surface area contributed by atoms with Crippen LogP contribution in [0.1, 0.15) is 6.92 Å². The van der Waals surface area contributed by atoms with E-state index < -0.39 is 11.5 Å². The Morgan fingerprint density at radius 1 is 1.89 bits per heavy atom. The standard InChI is InChI=1S/C5H7NO2.ClH/c1-3-2-5(3,6)4(7)8;/h2H,6H2,1H3,(H,7,8);1H. The van der Waals surface area contributed by atoms with E-state index in [0.717, 1.165) is 5.57 Å². The molecule has 0 heterocycles. The molecule has 1 unspecified atom stereocenters. The average Bonchev–Trinajstić information content (AvgIpc) is 2.17. The van der Waals surface area contributed by atoms with Crippen LogP contribution in [0.5, 0.6) is 0 Å². The van der Waals surface area contributed by atoms with E-state index in [0.29, 0.717) is 0 Å². The summed E-state index contributed by atoms with van der Waals surface area (Å²) < 4.78 is 0. The number of rotatable bonds is 1. The Hall–Kier alpha value is -0.540. The number of aliphatic carboxylic acids is 1. The Bertz CT molecular complexity index is 178. The quantitative estimate of drug-likeness (QED) is 0.522. The lowest BCUT2D eigenvalue weighted by molar-refractivity contribution is -0.138. The molecule has 3 nitrogen and oxygen atoms in total. The van der Waals surface area contributed by atoms with E-state index in [2.05, 4.69) is 0 Å². The summed E-state index contributed by atoms with van der Waals surface area (Å²) in [5.41, 5.74) is 4.90. The van der Waals surface area contributed by atoms with Crippen molar-refractivity contribution in [1.29, 1.82) is 0 Å². The highest BCUT2D eigenvalue weighted by atomic mass is 35.5. The van der Waals surface area contributed by atoms with Gasteiger partial charge in [0.05, 0.1) is 0 Å². The third kappa shape index (κ3) is 1.06. The van der Waals surface area contributed by atoms with Crippen molar-refractivity contribution in [3.05, 3.63) is 11.6 Å². The summed E-state index contributed by atoms with van der Waals surface area (Å²) in [7, 11) is 0. The molecule has 0 spiro atoms. The van der Waals surface area contributed by atoms with Gasteiger partial charge >= 0.3 is 5.97 Å². The van der Waals surface area contributed by atoms with Crippen molar-refractivity contribution in [3.8, 4) is 0 Å². The van der Waals surface area contributed by atoms with Crippen molar-refractivity contribution in [2.24, 2.45) is 5.73 Å². The van der Waals surface area contributed by atoms with Gasteiger partial charge in [0.2, 0.25) is 0 Å². The maximum absolute atomic E-state index is 10.1. The second-order valence-corrected chi connectivity index (χ2v) is 2.00. The van der Waals surface area contributed by atoms with Crippen LogP contribution in [-0.4, -0.2) is 16.6 Å². The molecule has 0 aromatic rings. The summed E-state index contributed by atoms with van der Waals surface area (Å²) >= 11 is 0. The van der Waals surface area contributed by atoms with Crippen LogP contribution >= 0.6 is 12.4 Å². The Kier molecular flexibility index (Phi) is 1.88. The molecule has 0 aromatic heterocycles. The maximum Gasteiger partial charge on any atom is 0.332 e. The van der Waals surface area contributed by atoms with Crippen molar-refractivity contribution >= 4 is 18.4 Å². The predicted molar refractivity (Wildman–Crippen MR) is 35.6 cm³/mol. The first-order chi connectivity index (χ1) is 3.57. The highest BCUT2D eigenvalue weighted by molar-refractivity contribution is 5.91.